The highest BCUT2D eigenvalue weighted by molar-refractivity contribution is 5.99. The van der Waals surface area contributed by atoms with E-state index in [1.165, 1.54) is 22.9 Å². The first-order valence-corrected chi connectivity index (χ1v) is 9.63. The fourth-order valence-corrected chi connectivity index (χ4v) is 3.15. The van der Waals surface area contributed by atoms with Crippen molar-refractivity contribution in [2.45, 2.75) is 13.3 Å². The molecule has 0 fully saturated rings. The summed E-state index contributed by atoms with van der Waals surface area (Å²) in [5.74, 6) is -0.670. The van der Waals surface area contributed by atoms with Crippen LogP contribution in [0.25, 0.3) is 16.5 Å². The molecule has 0 radical (unpaired) electrons. The van der Waals surface area contributed by atoms with E-state index in [0.29, 0.717) is 17.1 Å². The summed E-state index contributed by atoms with van der Waals surface area (Å²) in [7, 11) is 0. The number of aryl methyl sites for hydroxylation is 1. The number of benzene rings is 3. The van der Waals surface area contributed by atoms with Gasteiger partial charge in [0.1, 0.15) is 11.5 Å². The van der Waals surface area contributed by atoms with Gasteiger partial charge in [-0.15, -0.1) is 5.10 Å². The molecule has 0 aliphatic rings. The number of carbonyl (C=O) groups is 2. The van der Waals surface area contributed by atoms with Crippen LogP contribution in [0.4, 0.5) is 10.1 Å². The van der Waals surface area contributed by atoms with Crippen molar-refractivity contribution in [2.75, 3.05) is 11.9 Å². The van der Waals surface area contributed by atoms with Crippen LogP contribution in [0, 0.1) is 12.7 Å². The second kappa shape index (κ2) is 8.70. The summed E-state index contributed by atoms with van der Waals surface area (Å²) in [6, 6.07) is 17.3. The Hall–Kier alpha value is -4.14. The maximum Gasteiger partial charge on any atom is 0.251 e. The second-order valence-corrected chi connectivity index (χ2v) is 6.92. The number of nitrogens with zero attached hydrogens (tertiary/aromatic N) is 4. The fraction of sp³-hybridized carbons (Fsp3) is 0.136. The molecule has 0 unspecified atom stereocenters. The molecule has 1 aromatic heterocycles. The van der Waals surface area contributed by atoms with Gasteiger partial charge < -0.3 is 10.6 Å². The van der Waals surface area contributed by atoms with Crippen molar-refractivity contribution in [1.82, 2.24) is 25.5 Å². The van der Waals surface area contributed by atoms with Crippen molar-refractivity contribution >= 4 is 28.3 Å². The fourth-order valence-electron chi connectivity index (χ4n) is 3.15. The lowest BCUT2D eigenvalue weighted by molar-refractivity contribution is -0.116. The molecule has 0 atom stereocenters. The molecule has 0 aliphatic carbocycles. The molecule has 0 saturated heterocycles. The quantitative estimate of drug-likeness (QED) is 0.501. The van der Waals surface area contributed by atoms with Crippen LogP contribution in [0.5, 0.6) is 0 Å². The van der Waals surface area contributed by atoms with Crippen LogP contribution < -0.4 is 10.6 Å². The largest absolute Gasteiger partial charge is 0.352 e. The highest BCUT2D eigenvalue weighted by Crippen LogP contribution is 2.19. The predicted molar refractivity (Wildman–Crippen MR) is 113 cm³/mol. The Labute approximate surface area is 177 Å². The molecule has 0 aliphatic heterocycles. The summed E-state index contributed by atoms with van der Waals surface area (Å²) < 4.78 is 15.4. The molecule has 3 aromatic carbocycles. The van der Waals surface area contributed by atoms with Gasteiger partial charge in [0, 0.05) is 24.2 Å². The molecule has 4 rings (SSSR count). The summed E-state index contributed by atoms with van der Waals surface area (Å²) in [5, 5.41) is 18.4. The minimum absolute atomic E-state index is 0.0654. The third-order valence-corrected chi connectivity index (χ3v) is 4.73. The van der Waals surface area contributed by atoms with E-state index in [9.17, 15) is 14.0 Å². The lowest BCUT2D eigenvalue weighted by Crippen LogP contribution is -2.27. The van der Waals surface area contributed by atoms with Crippen LogP contribution in [-0.4, -0.2) is 38.6 Å². The molecule has 4 aromatic rings. The first kappa shape index (κ1) is 20.1. The maximum absolute atomic E-state index is 14.1. The Kier molecular flexibility index (Phi) is 5.65. The van der Waals surface area contributed by atoms with Crippen LogP contribution in [-0.2, 0) is 4.79 Å². The predicted octanol–water partition coefficient (Wildman–Crippen LogP) is 3.02. The minimum atomic E-state index is -0.518. The molecule has 0 bridgehead atoms. The Morgan fingerprint density at radius 3 is 2.61 bits per heavy atom. The topological polar surface area (TPSA) is 102 Å². The molecule has 31 heavy (non-hydrogen) atoms. The van der Waals surface area contributed by atoms with Gasteiger partial charge in [0.15, 0.2) is 5.82 Å². The van der Waals surface area contributed by atoms with Gasteiger partial charge in [-0.25, -0.2) is 4.39 Å². The van der Waals surface area contributed by atoms with E-state index in [-0.39, 0.29) is 30.5 Å². The van der Waals surface area contributed by atoms with E-state index < -0.39 is 5.82 Å². The van der Waals surface area contributed by atoms with Crippen molar-refractivity contribution in [1.29, 1.82) is 0 Å². The molecule has 2 N–H and O–H groups in total. The number of hydrogen-bond acceptors (Lipinski definition) is 5. The molecule has 2 amide bonds. The number of fused-ring (bicyclic) bond motifs is 1. The van der Waals surface area contributed by atoms with E-state index in [1.807, 2.05) is 36.4 Å². The van der Waals surface area contributed by atoms with Gasteiger partial charge in [0.2, 0.25) is 5.91 Å². The highest BCUT2D eigenvalue weighted by atomic mass is 19.1. The zero-order valence-corrected chi connectivity index (χ0v) is 16.7. The van der Waals surface area contributed by atoms with Crippen molar-refractivity contribution in [2.24, 2.45) is 0 Å². The number of carbonyl (C=O) groups excluding carboxylic acids is 2. The molecule has 1 heterocycles. The second-order valence-electron chi connectivity index (χ2n) is 6.92. The lowest BCUT2D eigenvalue weighted by atomic mass is 10.1. The van der Waals surface area contributed by atoms with Gasteiger partial charge in [-0.05, 0) is 58.5 Å². The molecular weight excluding hydrogens is 399 g/mol. The normalized spacial score (nSPS) is 10.8. The van der Waals surface area contributed by atoms with Crippen molar-refractivity contribution in [3.8, 4) is 5.69 Å². The highest BCUT2D eigenvalue weighted by Gasteiger charge is 2.12. The third kappa shape index (κ3) is 4.55. The number of halogens is 1. The molecule has 0 spiro atoms. The average molecular weight is 418 g/mol. The Morgan fingerprint density at radius 2 is 1.84 bits per heavy atom. The van der Waals surface area contributed by atoms with Gasteiger partial charge in [0.25, 0.3) is 5.91 Å². The standard InChI is InChI=1S/C22H19FN6O2/c1-14-26-27-28-29(14)20-13-18(8-9-19(20)23)25-21(30)10-11-24-22(31)17-7-6-15-4-2-3-5-16(15)12-17/h2-9,12-13H,10-11H2,1H3,(H,24,31)(H,25,30). The van der Waals surface area contributed by atoms with Gasteiger partial charge in [-0.2, -0.15) is 4.68 Å². The summed E-state index contributed by atoms with van der Waals surface area (Å²) in [5.41, 5.74) is 1.06. The number of tetrazole rings is 1. The van der Waals surface area contributed by atoms with Crippen LogP contribution >= 0.6 is 0 Å². The van der Waals surface area contributed by atoms with Gasteiger partial charge >= 0.3 is 0 Å². The lowest BCUT2D eigenvalue weighted by Gasteiger charge is -2.10. The van der Waals surface area contributed by atoms with E-state index >= 15 is 0 Å². The van der Waals surface area contributed by atoms with Gasteiger partial charge in [-0.3, -0.25) is 9.59 Å². The van der Waals surface area contributed by atoms with Gasteiger partial charge in [0.05, 0.1) is 0 Å². The zero-order valence-electron chi connectivity index (χ0n) is 16.7. The first-order chi connectivity index (χ1) is 15.0. The molecule has 156 valence electrons. The van der Waals surface area contributed by atoms with Crippen LogP contribution in [0.2, 0.25) is 0 Å². The average Bonchev–Trinajstić information content (AvgIpc) is 3.20. The number of amides is 2. The zero-order chi connectivity index (χ0) is 21.8. The summed E-state index contributed by atoms with van der Waals surface area (Å²) in [4.78, 5) is 24.6. The molecule has 9 heteroatoms. The summed E-state index contributed by atoms with van der Waals surface area (Å²) >= 11 is 0. The van der Waals surface area contributed by atoms with E-state index in [2.05, 4.69) is 26.2 Å². The SMILES string of the molecule is Cc1nnnn1-c1cc(NC(=O)CCNC(=O)c2ccc3ccccc3c2)ccc1F. The van der Waals surface area contributed by atoms with Crippen molar-refractivity contribution in [3.05, 3.63) is 77.9 Å². The van der Waals surface area contributed by atoms with Gasteiger partial charge in [-0.1, -0.05) is 30.3 Å². The van der Waals surface area contributed by atoms with E-state index in [1.54, 1.807) is 13.0 Å². The number of nitrogens with one attached hydrogen (secondary N) is 2. The Bertz CT molecular complexity index is 1270. The van der Waals surface area contributed by atoms with Crippen molar-refractivity contribution < 1.29 is 14.0 Å². The maximum atomic E-state index is 14.1. The smallest absolute Gasteiger partial charge is 0.251 e. The summed E-state index contributed by atoms with van der Waals surface area (Å²) in [6.45, 7) is 1.81. The van der Waals surface area contributed by atoms with Crippen LogP contribution in [0.3, 0.4) is 0 Å². The van der Waals surface area contributed by atoms with E-state index in [0.717, 1.165) is 10.8 Å². The van der Waals surface area contributed by atoms with Crippen LogP contribution in [0.15, 0.2) is 60.7 Å². The van der Waals surface area contributed by atoms with Crippen molar-refractivity contribution in [3.63, 3.8) is 0 Å². The molecule has 8 nitrogen and oxygen atoms in total. The monoisotopic (exact) mass is 418 g/mol. The minimum Gasteiger partial charge on any atom is -0.352 e. The number of anilines is 1. The van der Waals surface area contributed by atoms with Crippen LogP contribution in [0.1, 0.15) is 22.6 Å². The molecule has 0 saturated carbocycles. The number of hydrogen-bond donors (Lipinski definition) is 2. The Balaban J connectivity index is 1.34. The van der Waals surface area contributed by atoms with E-state index in [4.69, 9.17) is 0 Å². The number of rotatable bonds is 6. The number of aromatic nitrogens is 4. The first-order valence-electron chi connectivity index (χ1n) is 9.63. The Morgan fingerprint density at radius 1 is 1.03 bits per heavy atom. The molecular formula is C22H19FN6O2. The summed E-state index contributed by atoms with van der Waals surface area (Å²) in [6.07, 6.45) is 0.0654. The third-order valence-electron chi connectivity index (χ3n) is 4.73.